The standard InChI is InChI=1S/C14H18N4O/c1-9-4-5-13(15)12(6-9)14(19)16-7-11-8-17-18(3)10(11)2/h4-6,8H,7,15H2,1-3H3,(H,16,19). The molecule has 0 saturated heterocycles. The van der Waals surface area contributed by atoms with Crippen LogP contribution in [-0.2, 0) is 13.6 Å². The molecule has 0 aliphatic rings. The molecule has 0 spiro atoms. The SMILES string of the molecule is Cc1ccc(N)c(C(=O)NCc2cnn(C)c2C)c1. The fraction of sp³-hybridized carbons (Fsp3) is 0.286. The van der Waals surface area contributed by atoms with Gasteiger partial charge in [-0.05, 0) is 26.0 Å². The summed E-state index contributed by atoms with van der Waals surface area (Å²) in [7, 11) is 1.87. The number of nitrogens with one attached hydrogen (secondary N) is 1. The third-order valence-electron chi connectivity index (χ3n) is 3.23. The topological polar surface area (TPSA) is 72.9 Å². The predicted octanol–water partition coefficient (Wildman–Crippen LogP) is 1.55. The second kappa shape index (κ2) is 5.14. The van der Waals surface area contributed by atoms with Gasteiger partial charge in [-0.15, -0.1) is 0 Å². The lowest BCUT2D eigenvalue weighted by atomic mass is 10.1. The Hall–Kier alpha value is -2.30. The van der Waals surface area contributed by atoms with Gasteiger partial charge in [0.25, 0.3) is 5.91 Å². The van der Waals surface area contributed by atoms with Gasteiger partial charge in [-0.2, -0.15) is 5.10 Å². The Morgan fingerprint density at radius 3 is 2.79 bits per heavy atom. The molecule has 0 radical (unpaired) electrons. The van der Waals surface area contributed by atoms with Gasteiger partial charge in [-0.1, -0.05) is 11.6 Å². The molecule has 0 unspecified atom stereocenters. The molecular weight excluding hydrogens is 240 g/mol. The summed E-state index contributed by atoms with van der Waals surface area (Å²) in [5, 5.41) is 7.00. The van der Waals surface area contributed by atoms with Crippen LogP contribution in [0.15, 0.2) is 24.4 Å². The number of aryl methyl sites for hydroxylation is 2. The molecule has 0 bridgehead atoms. The highest BCUT2D eigenvalue weighted by Crippen LogP contribution is 2.14. The van der Waals surface area contributed by atoms with Gasteiger partial charge in [-0.25, -0.2) is 0 Å². The Kier molecular flexibility index (Phi) is 3.55. The fourth-order valence-corrected chi connectivity index (χ4v) is 1.86. The number of carbonyl (C=O) groups excluding carboxylic acids is 1. The largest absolute Gasteiger partial charge is 0.398 e. The second-order valence-electron chi connectivity index (χ2n) is 4.65. The quantitative estimate of drug-likeness (QED) is 0.820. The first-order chi connectivity index (χ1) is 8.99. The number of carbonyl (C=O) groups is 1. The Balaban J connectivity index is 2.09. The van der Waals surface area contributed by atoms with Crippen molar-refractivity contribution in [1.82, 2.24) is 15.1 Å². The summed E-state index contributed by atoms with van der Waals surface area (Å²) in [5.41, 5.74) is 9.88. The van der Waals surface area contributed by atoms with Crippen LogP contribution in [0, 0.1) is 13.8 Å². The van der Waals surface area contributed by atoms with E-state index < -0.39 is 0 Å². The number of nitrogens with zero attached hydrogens (tertiary/aromatic N) is 2. The minimum atomic E-state index is -0.163. The summed E-state index contributed by atoms with van der Waals surface area (Å²) < 4.78 is 1.78. The first-order valence-corrected chi connectivity index (χ1v) is 6.11. The molecule has 5 heteroatoms. The molecule has 1 heterocycles. The molecule has 2 rings (SSSR count). The molecule has 2 aromatic rings. The average molecular weight is 258 g/mol. The molecule has 0 aliphatic heterocycles. The van der Waals surface area contributed by atoms with Crippen LogP contribution < -0.4 is 11.1 Å². The number of aromatic nitrogens is 2. The number of rotatable bonds is 3. The van der Waals surface area contributed by atoms with E-state index in [4.69, 9.17) is 5.73 Å². The lowest BCUT2D eigenvalue weighted by Gasteiger charge is -2.08. The molecule has 3 N–H and O–H groups in total. The van der Waals surface area contributed by atoms with E-state index >= 15 is 0 Å². The number of hydrogen-bond acceptors (Lipinski definition) is 3. The van der Waals surface area contributed by atoms with Gasteiger partial charge in [-0.3, -0.25) is 9.48 Å². The number of amides is 1. The van der Waals surface area contributed by atoms with Crippen molar-refractivity contribution in [2.45, 2.75) is 20.4 Å². The Bertz CT molecular complexity index is 616. The third kappa shape index (κ3) is 2.76. The minimum absolute atomic E-state index is 0.163. The van der Waals surface area contributed by atoms with Gasteiger partial charge in [0.05, 0.1) is 11.8 Å². The van der Waals surface area contributed by atoms with Crippen molar-refractivity contribution < 1.29 is 4.79 Å². The fourth-order valence-electron chi connectivity index (χ4n) is 1.86. The first kappa shape index (κ1) is 13.1. The first-order valence-electron chi connectivity index (χ1n) is 6.11. The van der Waals surface area contributed by atoms with Crippen LogP contribution in [0.3, 0.4) is 0 Å². The maximum atomic E-state index is 12.1. The van der Waals surface area contributed by atoms with Gasteiger partial charge >= 0.3 is 0 Å². The number of anilines is 1. The minimum Gasteiger partial charge on any atom is -0.398 e. The van der Waals surface area contributed by atoms with Crippen molar-refractivity contribution in [2.75, 3.05) is 5.73 Å². The van der Waals surface area contributed by atoms with E-state index in [1.165, 1.54) is 0 Å². The monoisotopic (exact) mass is 258 g/mol. The van der Waals surface area contributed by atoms with Crippen LogP contribution in [0.4, 0.5) is 5.69 Å². The number of nitrogen functional groups attached to an aromatic ring is 1. The van der Waals surface area contributed by atoms with E-state index in [1.54, 1.807) is 23.0 Å². The van der Waals surface area contributed by atoms with Crippen molar-refractivity contribution in [1.29, 1.82) is 0 Å². The van der Waals surface area contributed by atoms with Crippen molar-refractivity contribution >= 4 is 11.6 Å². The molecule has 1 aromatic heterocycles. The Labute approximate surface area is 112 Å². The van der Waals surface area contributed by atoms with Gasteiger partial charge in [0.2, 0.25) is 0 Å². The maximum absolute atomic E-state index is 12.1. The van der Waals surface area contributed by atoms with Crippen LogP contribution >= 0.6 is 0 Å². The average Bonchev–Trinajstić information content (AvgIpc) is 2.70. The summed E-state index contributed by atoms with van der Waals surface area (Å²) in [4.78, 5) is 12.1. The molecule has 0 saturated carbocycles. The molecule has 1 amide bonds. The highest BCUT2D eigenvalue weighted by atomic mass is 16.1. The molecule has 0 fully saturated rings. The predicted molar refractivity (Wildman–Crippen MR) is 74.7 cm³/mol. The van der Waals surface area contributed by atoms with Crippen molar-refractivity contribution in [3.05, 3.63) is 46.8 Å². The molecular formula is C14H18N4O. The zero-order valence-corrected chi connectivity index (χ0v) is 11.4. The number of hydrogen-bond donors (Lipinski definition) is 2. The number of benzene rings is 1. The van der Waals surface area contributed by atoms with E-state index in [1.807, 2.05) is 27.0 Å². The molecule has 0 atom stereocenters. The van der Waals surface area contributed by atoms with Crippen molar-refractivity contribution in [3.63, 3.8) is 0 Å². The van der Waals surface area contributed by atoms with Crippen LogP contribution in [0.5, 0.6) is 0 Å². The lowest BCUT2D eigenvalue weighted by Crippen LogP contribution is -2.24. The second-order valence-corrected chi connectivity index (χ2v) is 4.65. The van der Waals surface area contributed by atoms with E-state index in [0.29, 0.717) is 17.8 Å². The van der Waals surface area contributed by atoms with E-state index in [2.05, 4.69) is 10.4 Å². The van der Waals surface area contributed by atoms with Crippen LogP contribution in [-0.4, -0.2) is 15.7 Å². The summed E-state index contributed by atoms with van der Waals surface area (Å²) in [6.45, 7) is 4.35. The van der Waals surface area contributed by atoms with Crippen LogP contribution in [0.1, 0.15) is 27.2 Å². The maximum Gasteiger partial charge on any atom is 0.253 e. The van der Waals surface area contributed by atoms with Gasteiger partial charge in [0.1, 0.15) is 0 Å². The van der Waals surface area contributed by atoms with E-state index in [-0.39, 0.29) is 5.91 Å². The van der Waals surface area contributed by atoms with Crippen LogP contribution in [0.2, 0.25) is 0 Å². The summed E-state index contributed by atoms with van der Waals surface area (Å²) in [5.74, 6) is -0.163. The van der Waals surface area contributed by atoms with E-state index in [9.17, 15) is 4.79 Å². The molecule has 100 valence electrons. The Morgan fingerprint density at radius 1 is 1.42 bits per heavy atom. The van der Waals surface area contributed by atoms with E-state index in [0.717, 1.165) is 16.8 Å². The molecule has 19 heavy (non-hydrogen) atoms. The van der Waals surface area contributed by atoms with Crippen LogP contribution in [0.25, 0.3) is 0 Å². The third-order valence-corrected chi connectivity index (χ3v) is 3.23. The number of nitrogens with two attached hydrogens (primary N) is 1. The highest BCUT2D eigenvalue weighted by Gasteiger charge is 2.11. The smallest absolute Gasteiger partial charge is 0.253 e. The van der Waals surface area contributed by atoms with Gasteiger partial charge in [0, 0.05) is 30.5 Å². The molecule has 5 nitrogen and oxygen atoms in total. The summed E-state index contributed by atoms with van der Waals surface area (Å²) >= 11 is 0. The molecule has 1 aromatic carbocycles. The normalized spacial score (nSPS) is 10.5. The van der Waals surface area contributed by atoms with Gasteiger partial charge < -0.3 is 11.1 Å². The van der Waals surface area contributed by atoms with Gasteiger partial charge in [0.15, 0.2) is 0 Å². The van der Waals surface area contributed by atoms with Crippen molar-refractivity contribution in [2.24, 2.45) is 7.05 Å². The lowest BCUT2D eigenvalue weighted by molar-refractivity contribution is 0.0951. The molecule has 0 aliphatic carbocycles. The summed E-state index contributed by atoms with van der Waals surface area (Å²) in [6, 6.07) is 5.43. The zero-order valence-electron chi connectivity index (χ0n) is 11.4. The summed E-state index contributed by atoms with van der Waals surface area (Å²) in [6.07, 6.45) is 1.76. The zero-order chi connectivity index (χ0) is 14.0. The highest BCUT2D eigenvalue weighted by molar-refractivity contribution is 5.99. The van der Waals surface area contributed by atoms with Crippen molar-refractivity contribution in [3.8, 4) is 0 Å². The Morgan fingerprint density at radius 2 is 2.16 bits per heavy atom.